The summed E-state index contributed by atoms with van der Waals surface area (Å²) in [7, 11) is 2.00. The average Bonchev–Trinajstić information content (AvgIpc) is 2.72. The Morgan fingerprint density at radius 1 is 1.17 bits per heavy atom. The largest absolute Gasteiger partial charge is 0.360 e. The van der Waals surface area contributed by atoms with Crippen molar-refractivity contribution in [1.29, 1.82) is 0 Å². The molecule has 0 atom stereocenters. The van der Waals surface area contributed by atoms with Crippen molar-refractivity contribution < 1.29 is 13.6 Å². The average molecular weight is 403 g/mol. The zero-order chi connectivity index (χ0) is 21.0. The van der Waals surface area contributed by atoms with Crippen molar-refractivity contribution in [2.45, 2.75) is 51.6 Å². The number of carbonyl (C=O) groups excluding carboxylic acids is 1. The molecule has 156 valence electrons. The molecular weight excluding hydrogens is 376 g/mol. The van der Waals surface area contributed by atoms with E-state index in [1.165, 1.54) is 6.07 Å². The summed E-state index contributed by atoms with van der Waals surface area (Å²) in [6.07, 6.45) is 5.13. The van der Waals surface area contributed by atoms with Crippen molar-refractivity contribution in [3.05, 3.63) is 47.2 Å². The molecule has 1 aromatic heterocycles. The molecule has 0 saturated heterocycles. The van der Waals surface area contributed by atoms with E-state index in [0.717, 1.165) is 55.7 Å². The Morgan fingerprint density at radius 3 is 2.52 bits per heavy atom. The van der Waals surface area contributed by atoms with E-state index < -0.39 is 11.6 Å². The Kier molecular flexibility index (Phi) is 6.61. The van der Waals surface area contributed by atoms with Crippen molar-refractivity contribution in [1.82, 2.24) is 15.3 Å². The van der Waals surface area contributed by atoms with Crippen LogP contribution in [-0.4, -0.2) is 41.6 Å². The summed E-state index contributed by atoms with van der Waals surface area (Å²) < 4.78 is 26.4. The number of hydrogen-bond donors (Lipinski definition) is 2. The number of anilines is 2. The predicted octanol–water partition coefficient (Wildman–Crippen LogP) is 3.67. The van der Waals surface area contributed by atoms with Gasteiger partial charge in [0.1, 0.15) is 5.82 Å². The van der Waals surface area contributed by atoms with Gasteiger partial charge in [-0.15, -0.1) is 0 Å². The normalized spacial score (nSPS) is 18.9. The third-order valence-corrected chi connectivity index (χ3v) is 5.36. The molecule has 2 aromatic rings. The molecule has 1 fully saturated rings. The Morgan fingerprint density at radius 2 is 1.86 bits per heavy atom. The van der Waals surface area contributed by atoms with Crippen LogP contribution in [0.2, 0.25) is 0 Å². The molecule has 1 saturated carbocycles. The summed E-state index contributed by atoms with van der Waals surface area (Å²) >= 11 is 0. The van der Waals surface area contributed by atoms with Crippen molar-refractivity contribution in [2.75, 3.05) is 23.8 Å². The zero-order valence-corrected chi connectivity index (χ0v) is 17.0. The van der Waals surface area contributed by atoms with Gasteiger partial charge in [-0.2, -0.15) is 4.98 Å². The molecule has 3 rings (SSSR count). The van der Waals surface area contributed by atoms with Crippen LogP contribution in [0, 0.1) is 18.6 Å². The fourth-order valence-electron chi connectivity index (χ4n) is 3.51. The van der Waals surface area contributed by atoms with E-state index >= 15 is 0 Å². The van der Waals surface area contributed by atoms with Gasteiger partial charge in [0.15, 0.2) is 11.6 Å². The van der Waals surface area contributed by atoms with Crippen LogP contribution in [-0.2, 0) is 0 Å². The molecule has 29 heavy (non-hydrogen) atoms. The highest BCUT2D eigenvalue weighted by atomic mass is 19.2. The second-order valence-corrected chi connectivity index (χ2v) is 7.51. The predicted molar refractivity (Wildman–Crippen MR) is 109 cm³/mol. The topological polar surface area (TPSA) is 70.2 Å². The summed E-state index contributed by atoms with van der Waals surface area (Å²) in [5, 5.41) is 6.31. The van der Waals surface area contributed by atoms with E-state index in [9.17, 15) is 13.6 Å². The van der Waals surface area contributed by atoms with Gasteiger partial charge in [0.25, 0.3) is 5.91 Å². The summed E-state index contributed by atoms with van der Waals surface area (Å²) in [6, 6.07) is 3.43. The highest BCUT2D eigenvalue weighted by Crippen LogP contribution is 2.23. The van der Waals surface area contributed by atoms with Gasteiger partial charge in [0.05, 0.1) is 0 Å². The molecule has 1 aromatic carbocycles. The minimum absolute atomic E-state index is 0.00869. The maximum absolute atomic E-state index is 13.3. The molecule has 6 nitrogen and oxygen atoms in total. The van der Waals surface area contributed by atoms with Crippen molar-refractivity contribution >= 4 is 17.7 Å². The lowest BCUT2D eigenvalue weighted by Gasteiger charge is -2.30. The molecule has 1 heterocycles. The molecule has 0 unspecified atom stereocenters. The van der Waals surface area contributed by atoms with E-state index in [-0.39, 0.29) is 23.6 Å². The van der Waals surface area contributed by atoms with Gasteiger partial charge in [-0.05, 0) is 57.7 Å². The van der Waals surface area contributed by atoms with E-state index in [2.05, 4.69) is 32.4 Å². The number of aryl methyl sites for hydroxylation is 1. The van der Waals surface area contributed by atoms with Crippen LogP contribution in [0.5, 0.6) is 0 Å². The molecule has 2 N–H and O–H groups in total. The summed E-state index contributed by atoms with van der Waals surface area (Å²) in [5.41, 5.74) is 1.16. The second kappa shape index (κ2) is 9.15. The van der Waals surface area contributed by atoms with Crippen LogP contribution in [0.15, 0.2) is 24.4 Å². The molecule has 1 aliphatic rings. The van der Waals surface area contributed by atoms with Gasteiger partial charge in [0, 0.05) is 43.0 Å². The first-order valence-corrected chi connectivity index (χ1v) is 9.94. The Bertz CT molecular complexity index is 868. The smallest absolute Gasteiger partial charge is 0.251 e. The van der Waals surface area contributed by atoms with Gasteiger partial charge >= 0.3 is 0 Å². The highest BCUT2D eigenvalue weighted by Gasteiger charge is 2.24. The van der Waals surface area contributed by atoms with Gasteiger partial charge in [0.2, 0.25) is 5.95 Å². The van der Waals surface area contributed by atoms with E-state index in [0.29, 0.717) is 5.95 Å². The third-order valence-electron chi connectivity index (χ3n) is 5.36. The quantitative estimate of drug-likeness (QED) is 0.770. The van der Waals surface area contributed by atoms with Crippen LogP contribution in [0.1, 0.15) is 48.5 Å². The first kappa shape index (κ1) is 21.0. The lowest BCUT2D eigenvalue weighted by atomic mass is 9.91. The molecule has 0 bridgehead atoms. The van der Waals surface area contributed by atoms with Crippen LogP contribution < -0.4 is 15.5 Å². The summed E-state index contributed by atoms with van der Waals surface area (Å²) in [6.45, 7) is 4.93. The summed E-state index contributed by atoms with van der Waals surface area (Å²) in [5.74, 6) is -0.830. The van der Waals surface area contributed by atoms with Crippen molar-refractivity contribution in [3.8, 4) is 0 Å². The van der Waals surface area contributed by atoms with Gasteiger partial charge < -0.3 is 15.5 Å². The summed E-state index contributed by atoms with van der Waals surface area (Å²) in [4.78, 5) is 23.4. The molecule has 0 radical (unpaired) electrons. The molecular formula is C21H27F2N5O. The monoisotopic (exact) mass is 403 g/mol. The Hall–Kier alpha value is -2.77. The lowest BCUT2D eigenvalue weighted by molar-refractivity contribution is 0.0926. The van der Waals surface area contributed by atoms with Crippen molar-refractivity contribution in [2.24, 2.45) is 0 Å². The number of halogens is 2. The SMILES string of the molecule is CCN(C)c1nc(N[C@H]2CC[C@@H](NC(=O)c3ccc(F)c(F)c3)CC2)ncc1C. The van der Waals surface area contributed by atoms with E-state index in [4.69, 9.17) is 0 Å². The van der Waals surface area contributed by atoms with E-state index in [1.807, 2.05) is 20.2 Å². The van der Waals surface area contributed by atoms with Crippen LogP contribution >= 0.6 is 0 Å². The maximum Gasteiger partial charge on any atom is 0.251 e. The van der Waals surface area contributed by atoms with Crippen LogP contribution in [0.3, 0.4) is 0 Å². The number of aromatic nitrogens is 2. The molecule has 8 heteroatoms. The highest BCUT2D eigenvalue weighted by molar-refractivity contribution is 5.94. The first-order chi connectivity index (χ1) is 13.9. The minimum Gasteiger partial charge on any atom is -0.360 e. The Balaban J connectivity index is 1.53. The van der Waals surface area contributed by atoms with Crippen LogP contribution in [0.4, 0.5) is 20.5 Å². The van der Waals surface area contributed by atoms with Crippen molar-refractivity contribution in [3.63, 3.8) is 0 Å². The second-order valence-electron chi connectivity index (χ2n) is 7.51. The van der Waals surface area contributed by atoms with Gasteiger partial charge in [-0.25, -0.2) is 13.8 Å². The number of hydrogen-bond acceptors (Lipinski definition) is 5. The molecule has 0 aliphatic heterocycles. The molecule has 1 amide bonds. The Labute approximate surface area is 169 Å². The fraction of sp³-hybridized carbons (Fsp3) is 0.476. The van der Waals surface area contributed by atoms with Gasteiger partial charge in [-0.3, -0.25) is 4.79 Å². The number of rotatable bonds is 6. The maximum atomic E-state index is 13.3. The van der Waals surface area contributed by atoms with Crippen LogP contribution in [0.25, 0.3) is 0 Å². The lowest BCUT2D eigenvalue weighted by Crippen LogP contribution is -2.40. The fourth-order valence-corrected chi connectivity index (χ4v) is 3.51. The number of amides is 1. The number of benzene rings is 1. The third kappa shape index (κ3) is 5.19. The number of carbonyl (C=O) groups is 1. The standard InChI is InChI=1S/C21H27F2N5O/c1-4-28(3)19-13(2)12-24-21(27-19)26-16-8-6-15(7-9-16)25-20(29)14-5-10-17(22)18(23)11-14/h5,10-12,15-16H,4,6-9H2,1-3H3,(H,25,29)(H,24,26,27)/t15-,16+. The first-order valence-electron chi connectivity index (χ1n) is 9.94. The zero-order valence-electron chi connectivity index (χ0n) is 17.0. The molecule has 1 aliphatic carbocycles. The van der Waals surface area contributed by atoms with E-state index in [1.54, 1.807) is 0 Å². The van der Waals surface area contributed by atoms with Gasteiger partial charge in [-0.1, -0.05) is 0 Å². The number of nitrogens with one attached hydrogen (secondary N) is 2. The number of nitrogens with zero attached hydrogens (tertiary/aromatic N) is 3. The molecule has 0 spiro atoms. The minimum atomic E-state index is -1.02.